The zero-order valence-corrected chi connectivity index (χ0v) is 24.9. The van der Waals surface area contributed by atoms with E-state index in [0.717, 1.165) is 25.7 Å². The van der Waals surface area contributed by atoms with Gasteiger partial charge in [-0.3, -0.25) is 0 Å². The van der Waals surface area contributed by atoms with Crippen molar-refractivity contribution in [3.63, 3.8) is 0 Å². The highest BCUT2D eigenvalue weighted by Gasteiger charge is 2.32. The summed E-state index contributed by atoms with van der Waals surface area (Å²) in [5.74, 6) is 0. The van der Waals surface area contributed by atoms with E-state index in [-0.39, 0.29) is 5.41 Å². The summed E-state index contributed by atoms with van der Waals surface area (Å²) in [5.41, 5.74) is 8.92. The highest BCUT2D eigenvalue weighted by molar-refractivity contribution is 6.87. The number of hydrogen-bond donors (Lipinski definition) is 0. The lowest BCUT2D eigenvalue weighted by molar-refractivity contribution is 0.382. The zero-order chi connectivity index (χ0) is 26.6. The van der Waals surface area contributed by atoms with Gasteiger partial charge in [-0.15, -0.1) is 0 Å². The van der Waals surface area contributed by atoms with E-state index in [0.29, 0.717) is 5.54 Å². The van der Waals surface area contributed by atoms with Gasteiger partial charge >= 0.3 is 0 Å². The summed E-state index contributed by atoms with van der Waals surface area (Å²) in [6.45, 7) is 13.7. The quantitative estimate of drug-likeness (QED) is 0.263. The number of nitrogens with zero attached hydrogens (tertiary/aromatic N) is 1. The van der Waals surface area contributed by atoms with Crippen LogP contribution in [0.3, 0.4) is 0 Å². The van der Waals surface area contributed by atoms with Crippen molar-refractivity contribution in [3.8, 4) is 0 Å². The molecule has 1 radical (unpaired) electrons. The molecule has 1 atom stereocenters. The lowest BCUT2D eigenvalue weighted by Crippen LogP contribution is -2.47. The predicted molar refractivity (Wildman–Crippen MR) is 166 cm³/mol. The molecule has 0 amide bonds. The Balaban J connectivity index is 1.95. The monoisotopic (exact) mass is 506 g/mol. The highest BCUT2D eigenvalue weighted by atomic mass is 28.3. The molecule has 3 aromatic rings. The Hall–Kier alpha value is -2.84. The van der Waals surface area contributed by atoms with Crippen LogP contribution < -0.4 is 15.3 Å². The lowest BCUT2D eigenvalue weighted by Gasteiger charge is -2.35. The van der Waals surface area contributed by atoms with E-state index in [2.05, 4.69) is 138 Å². The van der Waals surface area contributed by atoms with Gasteiger partial charge in [0.05, 0.1) is 0 Å². The minimum absolute atomic E-state index is 0.223. The molecular weight excluding hydrogens is 462 g/mol. The first-order chi connectivity index (χ1) is 17.8. The Morgan fingerprint density at radius 3 is 2.11 bits per heavy atom. The Morgan fingerprint density at radius 2 is 1.51 bits per heavy atom. The lowest BCUT2D eigenvalue weighted by atomic mass is 9.74. The van der Waals surface area contributed by atoms with Crippen LogP contribution in [0.15, 0.2) is 90.5 Å². The van der Waals surface area contributed by atoms with Crippen LogP contribution in [0.5, 0.6) is 0 Å². The Labute approximate surface area is 227 Å². The van der Waals surface area contributed by atoms with Crippen LogP contribution in [0.4, 0.5) is 11.4 Å². The maximum atomic E-state index is 2.55. The van der Waals surface area contributed by atoms with Gasteiger partial charge < -0.3 is 4.90 Å². The van der Waals surface area contributed by atoms with Crippen LogP contribution in [0, 0.1) is 13.8 Å². The molecule has 0 saturated carbocycles. The van der Waals surface area contributed by atoms with Gasteiger partial charge in [0.2, 0.25) is 0 Å². The van der Waals surface area contributed by atoms with E-state index in [4.69, 9.17) is 0 Å². The molecule has 0 N–H and O–H groups in total. The predicted octanol–water partition coefficient (Wildman–Crippen LogP) is 8.42. The molecule has 1 nitrogen and oxygen atoms in total. The first-order valence-electron chi connectivity index (χ1n) is 14.1. The summed E-state index contributed by atoms with van der Waals surface area (Å²) in [5, 5.41) is 3.02. The number of rotatable bonds is 9. The molecule has 1 unspecified atom stereocenters. The fourth-order valence-corrected chi connectivity index (χ4v) is 9.13. The summed E-state index contributed by atoms with van der Waals surface area (Å²) >= 11 is 0. The Bertz CT molecular complexity index is 1250. The first-order valence-corrected chi connectivity index (χ1v) is 15.6. The van der Waals surface area contributed by atoms with Crippen LogP contribution in [-0.4, -0.2) is 15.8 Å². The smallest absolute Gasteiger partial charge is 0.131 e. The molecule has 0 aliphatic heterocycles. The summed E-state index contributed by atoms with van der Waals surface area (Å²) in [7, 11) is 1.18. The fraction of sp³-hybridized carbons (Fsp3) is 0.371. The van der Waals surface area contributed by atoms with Gasteiger partial charge in [0.15, 0.2) is 0 Å². The molecular formula is C35H44NSi. The van der Waals surface area contributed by atoms with E-state index in [1.807, 2.05) is 0 Å². The molecule has 3 aromatic carbocycles. The second-order valence-corrected chi connectivity index (χ2v) is 13.5. The number of aryl methyl sites for hydroxylation is 2. The number of hydrogen-bond acceptors (Lipinski definition) is 1. The van der Waals surface area contributed by atoms with Crippen LogP contribution in [0.25, 0.3) is 0 Å². The van der Waals surface area contributed by atoms with Crippen LogP contribution in [0.2, 0.25) is 5.54 Å². The normalized spacial score (nSPS) is 15.7. The average molecular weight is 507 g/mol. The molecule has 0 saturated heterocycles. The third kappa shape index (κ3) is 5.55. The second-order valence-electron chi connectivity index (χ2n) is 10.8. The Kier molecular flexibility index (Phi) is 8.59. The fourth-order valence-electron chi connectivity index (χ4n) is 6.04. The van der Waals surface area contributed by atoms with Crippen LogP contribution in [0.1, 0.15) is 70.1 Å². The van der Waals surface area contributed by atoms with E-state index in [1.165, 1.54) is 44.0 Å². The van der Waals surface area contributed by atoms with Crippen molar-refractivity contribution in [1.82, 2.24) is 0 Å². The molecule has 0 spiro atoms. The van der Waals surface area contributed by atoms with Crippen molar-refractivity contribution in [2.24, 2.45) is 0 Å². The second kappa shape index (κ2) is 11.7. The summed E-state index contributed by atoms with van der Waals surface area (Å²) in [4.78, 5) is 2.46. The van der Waals surface area contributed by atoms with E-state index >= 15 is 0 Å². The standard InChI is InChI=1S/C35H44NSi/c1-8-35(9-2,10-3)29-19-24-34(33(25-29)36(7)32-14-12-11-13-28(32)6)37(30-20-15-26(4)16-21-30)31-22-17-27(5)18-23-31/h11-22,24-25,31H,8-10,23H2,1-7H3. The van der Waals surface area contributed by atoms with Gasteiger partial charge in [0.25, 0.3) is 0 Å². The average Bonchev–Trinajstić information content (AvgIpc) is 2.92. The topological polar surface area (TPSA) is 3.24 Å². The number of para-hydroxylation sites is 1. The van der Waals surface area contributed by atoms with Gasteiger partial charge in [-0.2, -0.15) is 0 Å². The van der Waals surface area contributed by atoms with Crippen LogP contribution in [-0.2, 0) is 5.41 Å². The van der Waals surface area contributed by atoms with Gasteiger partial charge in [0, 0.05) is 18.4 Å². The number of allylic oxidation sites excluding steroid dienone is 4. The highest BCUT2D eigenvalue weighted by Crippen LogP contribution is 2.38. The van der Waals surface area contributed by atoms with Gasteiger partial charge in [-0.05, 0) is 85.9 Å². The maximum Gasteiger partial charge on any atom is 0.131 e. The molecule has 0 fully saturated rings. The van der Waals surface area contributed by atoms with Gasteiger partial charge in [-0.1, -0.05) is 110 Å². The van der Waals surface area contributed by atoms with Crippen molar-refractivity contribution >= 4 is 30.5 Å². The summed E-state index contributed by atoms with van der Waals surface area (Å²) in [6, 6.07) is 25.7. The van der Waals surface area contributed by atoms with Crippen molar-refractivity contribution in [2.75, 3.05) is 11.9 Å². The molecule has 37 heavy (non-hydrogen) atoms. The summed E-state index contributed by atoms with van der Waals surface area (Å²) < 4.78 is 0. The minimum atomic E-state index is -1.09. The molecule has 0 aromatic heterocycles. The van der Waals surface area contributed by atoms with Crippen molar-refractivity contribution in [3.05, 3.63) is 107 Å². The number of benzene rings is 3. The zero-order valence-electron chi connectivity index (χ0n) is 23.9. The number of anilines is 2. The van der Waals surface area contributed by atoms with Gasteiger partial charge in [-0.25, -0.2) is 0 Å². The molecule has 4 rings (SSSR count). The minimum Gasteiger partial charge on any atom is -0.344 e. The van der Waals surface area contributed by atoms with E-state index in [9.17, 15) is 0 Å². The molecule has 193 valence electrons. The van der Waals surface area contributed by atoms with Crippen molar-refractivity contribution < 1.29 is 0 Å². The maximum absolute atomic E-state index is 2.55. The molecule has 1 aliphatic rings. The molecule has 2 heteroatoms. The SMILES string of the molecule is CCC(CC)(CC)c1ccc([Si](c2ccc(C)cc2)C2C=CC(C)=CC2)c(N(C)c2ccccc2C)c1. The summed E-state index contributed by atoms with van der Waals surface area (Å²) in [6.07, 6.45) is 11.9. The van der Waals surface area contributed by atoms with E-state index < -0.39 is 8.80 Å². The first kappa shape index (κ1) is 27.2. The third-order valence-corrected chi connectivity index (χ3v) is 11.9. The van der Waals surface area contributed by atoms with Crippen molar-refractivity contribution in [1.29, 1.82) is 0 Å². The van der Waals surface area contributed by atoms with E-state index in [1.54, 1.807) is 0 Å². The largest absolute Gasteiger partial charge is 0.344 e. The van der Waals surface area contributed by atoms with Crippen molar-refractivity contribution in [2.45, 2.75) is 78.2 Å². The third-order valence-electron chi connectivity index (χ3n) is 8.79. The molecule has 0 heterocycles. The molecule has 1 aliphatic carbocycles. The Morgan fingerprint density at radius 1 is 0.838 bits per heavy atom. The molecule has 0 bridgehead atoms. The van der Waals surface area contributed by atoms with Gasteiger partial charge in [0.1, 0.15) is 8.80 Å². The van der Waals surface area contributed by atoms with Crippen LogP contribution >= 0.6 is 0 Å².